The standard InChI is InChI=1S/C6H9N3O2.CH4/c7-5(6(10)11)1-4-2-8-3-9-4;/h2-3,5H,1,7H2,(H,8,9)(H,10,11);1H4. The minimum absolute atomic E-state index is 0. The molecule has 1 aromatic heterocycles. The SMILES string of the molecule is C.NC(Cc1cnc[nH]1)C(=O)O. The van der Waals surface area contributed by atoms with Crippen molar-refractivity contribution in [1.82, 2.24) is 9.97 Å². The summed E-state index contributed by atoms with van der Waals surface area (Å²) in [5, 5.41) is 8.42. The summed E-state index contributed by atoms with van der Waals surface area (Å²) < 4.78 is 0. The minimum Gasteiger partial charge on any atom is -0.480 e. The van der Waals surface area contributed by atoms with Gasteiger partial charge in [0, 0.05) is 18.3 Å². The summed E-state index contributed by atoms with van der Waals surface area (Å²) >= 11 is 0. The molecule has 0 aliphatic rings. The molecule has 0 aliphatic heterocycles. The first-order valence-corrected chi connectivity index (χ1v) is 3.16. The number of carbonyl (C=O) groups is 1. The van der Waals surface area contributed by atoms with Crippen molar-refractivity contribution in [3.63, 3.8) is 0 Å². The molecule has 0 spiro atoms. The number of hydrogen-bond donors (Lipinski definition) is 3. The number of hydrogen-bond acceptors (Lipinski definition) is 3. The molecule has 0 bridgehead atoms. The molecule has 1 unspecified atom stereocenters. The first-order chi connectivity index (χ1) is 5.20. The third kappa shape index (κ3) is 2.71. The van der Waals surface area contributed by atoms with E-state index in [9.17, 15) is 4.79 Å². The Morgan fingerprint density at radius 2 is 2.50 bits per heavy atom. The fourth-order valence-electron chi connectivity index (χ4n) is 0.721. The molecule has 0 fully saturated rings. The monoisotopic (exact) mass is 171 g/mol. The van der Waals surface area contributed by atoms with Gasteiger partial charge in [0.25, 0.3) is 0 Å². The summed E-state index contributed by atoms with van der Waals surface area (Å²) in [7, 11) is 0. The predicted molar refractivity (Wildman–Crippen MR) is 44.6 cm³/mol. The minimum atomic E-state index is -1.00. The van der Waals surface area contributed by atoms with Gasteiger partial charge in [-0.25, -0.2) is 4.98 Å². The van der Waals surface area contributed by atoms with Crippen molar-refractivity contribution in [3.8, 4) is 0 Å². The van der Waals surface area contributed by atoms with E-state index < -0.39 is 12.0 Å². The van der Waals surface area contributed by atoms with Crippen LogP contribution in [-0.4, -0.2) is 27.1 Å². The van der Waals surface area contributed by atoms with E-state index in [2.05, 4.69) is 9.97 Å². The second-order valence-corrected chi connectivity index (χ2v) is 2.23. The van der Waals surface area contributed by atoms with Crippen LogP contribution in [0, 0.1) is 0 Å². The average molecular weight is 171 g/mol. The zero-order valence-electron chi connectivity index (χ0n) is 5.82. The lowest BCUT2D eigenvalue weighted by Crippen LogP contribution is -2.32. The van der Waals surface area contributed by atoms with E-state index in [1.807, 2.05) is 0 Å². The predicted octanol–water partition coefficient (Wildman–Crippen LogP) is 0.000200. The van der Waals surface area contributed by atoms with Crippen LogP contribution in [0.1, 0.15) is 13.1 Å². The smallest absolute Gasteiger partial charge is 0.320 e. The molecule has 1 rings (SSSR count). The van der Waals surface area contributed by atoms with Crippen LogP contribution in [-0.2, 0) is 11.2 Å². The lowest BCUT2D eigenvalue weighted by atomic mass is 10.2. The highest BCUT2D eigenvalue weighted by Crippen LogP contribution is 1.95. The summed E-state index contributed by atoms with van der Waals surface area (Å²) in [5.41, 5.74) is 6.00. The maximum absolute atomic E-state index is 10.3. The van der Waals surface area contributed by atoms with E-state index in [4.69, 9.17) is 10.8 Å². The van der Waals surface area contributed by atoms with Crippen LogP contribution in [0.3, 0.4) is 0 Å². The summed E-state index contributed by atoms with van der Waals surface area (Å²) in [5.74, 6) is -1.00. The number of nitrogens with zero attached hydrogens (tertiary/aromatic N) is 1. The van der Waals surface area contributed by atoms with Gasteiger partial charge in [0.15, 0.2) is 0 Å². The van der Waals surface area contributed by atoms with Crippen LogP contribution >= 0.6 is 0 Å². The number of aliphatic carboxylic acids is 1. The Morgan fingerprint density at radius 1 is 1.83 bits per heavy atom. The Morgan fingerprint density at radius 3 is 2.92 bits per heavy atom. The van der Waals surface area contributed by atoms with Crippen molar-refractivity contribution < 1.29 is 9.90 Å². The molecule has 0 aliphatic carbocycles. The Kier molecular flexibility index (Phi) is 3.99. The van der Waals surface area contributed by atoms with Gasteiger partial charge in [-0.05, 0) is 0 Å². The lowest BCUT2D eigenvalue weighted by Gasteiger charge is -2.02. The highest BCUT2D eigenvalue weighted by atomic mass is 16.4. The van der Waals surface area contributed by atoms with E-state index in [1.54, 1.807) is 6.20 Å². The first-order valence-electron chi connectivity index (χ1n) is 3.16. The van der Waals surface area contributed by atoms with Crippen LogP contribution < -0.4 is 5.73 Å². The average Bonchev–Trinajstić information content (AvgIpc) is 2.39. The zero-order chi connectivity index (χ0) is 8.27. The largest absolute Gasteiger partial charge is 0.480 e. The van der Waals surface area contributed by atoms with Crippen molar-refractivity contribution in [2.45, 2.75) is 19.9 Å². The number of aromatic nitrogens is 2. The van der Waals surface area contributed by atoms with Gasteiger partial charge in [0.2, 0.25) is 0 Å². The molecule has 1 atom stereocenters. The van der Waals surface area contributed by atoms with Gasteiger partial charge in [-0.1, -0.05) is 7.43 Å². The number of aromatic amines is 1. The quantitative estimate of drug-likeness (QED) is 0.596. The molecule has 0 radical (unpaired) electrons. The maximum atomic E-state index is 10.3. The number of carboxylic acids is 1. The van der Waals surface area contributed by atoms with E-state index in [1.165, 1.54) is 6.33 Å². The molecule has 1 heterocycles. The summed E-state index contributed by atoms with van der Waals surface area (Å²) in [4.78, 5) is 16.8. The molecule has 1 aromatic rings. The normalized spacial score (nSPS) is 11.8. The Labute approximate surface area is 70.6 Å². The highest BCUT2D eigenvalue weighted by molar-refractivity contribution is 5.73. The molecular formula is C7H13N3O2. The van der Waals surface area contributed by atoms with Crippen LogP contribution in [0.5, 0.6) is 0 Å². The second kappa shape index (κ2) is 4.50. The lowest BCUT2D eigenvalue weighted by molar-refractivity contribution is -0.138. The number of H-pyrrole nitrogens is 1. The van der Waals surface area contributed by atoms with Gasteiger partial charge in [-0.2, -0.15) is 0 Å². The van der Waals surface area contributed by atoms with E-state index in [-0.39, 0.29) is 13.8 Å². The molecule has 0 aromatic carbocycles. The second-order valence-electron chi connectivity index (χ2n) is 2.23. The topological polar surface area (TPSA) is 92.0 Å². The van der Waals surface area contributed by atoms with Crippen LogP contribution in [0.15, 0.2) is 12.5 Å². The van der Waals surface area contributed by atoms with E-state index >= 15 is 0 Å². The number of rotatable bonds is 3. The zero-order valence-corrected chi connectivity index (χ0v) is 5.82. The summed E-state index contributed by atoms with van der Waals surface area (Å²) in [6.07, 6.45) is 3.34. The molecule has 5 heteroatoms. The van der Waals surface area contributed by atoms with E-state index in [0.717, 1.165) is 5.69 Å². The van der Waals surface area contributed by atoms with E-state index in [0.29, 0.717) is 0 Å². The molecule has 5 nitrogen and oxygen atoms in total. The van der Waals surface area contributed by atoms with Gasteiger partial charge in [0.05, 0.1) is 6.33 Å². The molecule has 0 amide bonds. The summed E-state index contributed by atoms with van der Waals surface area (Å²) in [6.45, 7) is 0. The van der Waals surface area contributed by atoms with Crippen LogP contribution in [0.25, 0.3) is 0 Å². The highest BCUT2D eigenvalue weighted by Gasteiger charge is 2.11. The number of imidazole rings is 1. The van der Waals surface area contributed by atoms with Crippen LogP contribution in [0.2, 0.25) is 0 Å². The van der Waals surface area contributed by atoms with Gasteiger partial charge < -0.3 is 15.8 Å². The van der Waals surface area contributed by atoms with Crippen molar-refractivity contribution in [3.05, 3.63) is 18.2 Å². The molecule has 4 N–H and O–H groups in total. The molecule has 12 heavy (non-hydrogen) atoms. The summed E-state index contributed by atoms with van der Waals surface area (Å²) in [6, 6.07) is -0.851. The number of nitrogens with one attached hydrogen (secondary N) is 1. The third-order valence-corrected chi connectivity index (χ3v) is 1.31. The third-order valence-electron chi connectivity index (χ3n) is 1.31. The molecule has 0 saturated carbocycles. The Bertz CT molecular complexity index is 233. The van der Waals surface area contributed by atoms with Gasteiger partial charge >= 0.3 is 5.97 Å². The first kappa shape index (κ1) is 10.6. The van der Waals surface area contributed by atoms with Crippen molar-refractivity contribution in [1.29, 1.82) is 0 Å². The Balaban J connectivity index is 0.00000121. The fraction of sp³-hybridized carbons (Fsp3) is 0.429. The fourth-order valence-corrected chi connectivity index (χ4v) is 0.721. The van der Waals surface area contributed by atoms with Crippen molar-refractivity contribution in [2.75, 3.05) is 0 Å². The van der Waals surface area contributed by atoms with Crippen LogP contribution in [0.4, 0.5) is 0 Å². The number of nitrogens with two attached hydrogens (primary N) is 1. The Hall–Kier alpha value is -1.36. The molecule has 68 valence electrons. The molecular weight excluding hydrogens is 158 g/mol. The van der Waals surface area contributed by atoms with Gasteiger partial charge in [0.1, 0.15) is 6.04 Å². The maximum Gasteiger partial charge on any atom is 0.320 e. The van der Waals surface area contributed by atoms with Crippen molar-refractivity contribution >= 4 is 5.97 Å². The van der Waals surface area contributed by atoms with Gasteiger partial charge in [-0.15, -0.1) is 0 Å². The number of carboxylic acid groups (broad SMARTS) is 1. The van der Waals surface area contributed by atoms with Gasteiger partial charge in [-0.3, -0.25) is 4.79 Å². The molecule has 0 saturated heterocycles. The van der Waals surface area contributed by atoms with Crippen molar-refractivity contribution in [2.24, 2.45) is 5.73 Å².